The third kappa shape index (κ3) is 4.64. The van der Waals surface area contributed by atoms with Gasteiger partial charge in [-0.1, -0.05) is 0 Å². The van der Waals surface area contributed by atoms with E-state index in [0.717, 1.165) is 76.0 Å². The minimum absolute atomic E-state index is 0.275. The summed E-state index contributed by atoms with van der Waals surface area (Å²) in [5.41, 5.74) is 0.993. The molecule has 2 fully saturated rings. The maximum Gasteiger partial charge on any atom is 0.227 e. The Kier molecular flexibility index (Phi) is 6.67. The van der Waals surface area contributed by atoms with E-state index in [0.29, 0.717) is 12.0 Å². The minimum Gasteiger partial charge on any atom is -0.396 e. The molecule has 7 heteroatoms. The Morgan fingerprint density at radius 1 is 1.19 bits per heavy atom. The molecule has 0 aromatic carbocycles. The Morgan fingerprint density at radius 3 is 2.65 bits per heavy atom. The largest absolute Gasteiger partial charge is 0.396 e. The Morgan fingerprint density at radius 2 is 1.96 bits per heavy atom. The molecule has 0 amide bonds. The molecular formula is C19H34N6O. The van der Waals surface area contributed by atoms with Gasteiger partial charge in [0, 0.05) is 70.7 Å². The van der Waals surface area contributed by atoms with Gasteiger partial charge >= 0.3 is 0 Å². The zero-order valence-corrected chi connectivity index (χ0v) is 16.5. The first kappa shape index (κ1) is 19.3. The van der Waals surface area contributed by atoms with Gasteiger partial charge in [-0.15, -0.1) is 0 Å². The van der Waals surface area contributed by atoms with Crippen molar-refractivity contribution in [3.8, 4) is 0 Å². The number of hydrogen-bond acceptors (Lipinski definition) is 7. The normalized spacial score (nSPS) is 25.5. The first-order valence-electron chi connectivity index (χ1n) is 9.92. The molecule has 2 aliphatic rings. The Bertz CT molecular complexity index is 575. The second-order valence-corrected chi connectivity index (χ2v) is 7.71. The number of hydrogen-bond donors (Lipinski definition) is 2. The topological polar surface area (TPSA) is 67.8 Å². The van der Waals surface area contributed by atoms with Crippen molar-refractivity contribution < 1.29 is 5.11 Å². The van der Waals surface area contributed by atoms with Crippen LogP contribution in [-0.4, -0.2) is 90.9 Å². The number of anilines is 2. The smallest absolute Gasteiger partial charge is 0.227 e. The van der Waals surface area contributed by atoms with E-state index in [-0.39, 0.29) is 6.61 Å². The molecule has 0 radical (unpaired) electrons. The first-order chi connectivity index (χ1) is 12.6. The summed E-state index contributed by atoms with van der Waals surface area (Å²) in [6, 6.07) is 2.59. The molecule has 3 rings (SSSR count). The third-order valence-electron chi connectivity index (χ3n) is 5.82. The molecule has 0 aliphatic carbocycles. The van der Waals surface area contributed by atoms with Crippen molar-refractivity contribution in [3.63, 3.8) is 0 Å². The van der Waals surface area contributed by atoms with Crippen LogP contribution in [0, 0.1) is 12.8 Å². The monoisotopic (exact) mass is 362 g/mol. The molecule has 2 aliphatic heterocycles. The fraction of sp³-hybridized carbons (Fsp3) is 0.789. The molecule has 146 valence electrons. The lowest BCUT2D eigenvalue weighted by molar-refractivity contribution is 0.0636. The molecule has 2 saturated heterocycles. The van der Waals surface area contributed by atoms with Crippen LogP contribution in [0.5, 0.6) is 0 Å². The van der Waals surface area contributed by atoms with Crippen molar-refractivity contribution >= 4 is 11.8 Å². The number of likely N-dealkylation sites (N-methyl/N-ethyl adjacent to an activating group) is 1. The first-order valence-corrected chi connectivity index (χ1v) is 9.92. The summed E-state index contributed by atoms with van der Waals surface area (Å²) in [6.07, 6.45) is 3.08. The van der Waals surface area contributed by atoms with E-state index in [9.17, 15) is 5.11 Å². The molecule has 0 bridgehead atoms. The molecule has 1 aromatic heterocycles. The molecular weight excluding hydrogens is 328 g/mol. The van der Waals surface area contributed by atoms with Crippen molar-refractivity contribution in [2.75, 3.05) is 70.2 Å². The number of aromatic nitrogens is 2. The van der Waals surface area contributed by atoms with Crippen LogP contribution in [-0.2, 0) is 0 Å². The van der Waals surface area contributed by atoms with Gasteiger partial charge in [-0.2, -0.15) is 4.98 Å². The Hall–Kier alpha value is -1.44. The molecule has 2 atom stereocenters. The summed E-state index contributed by atoms with van der Waals surface area (Å²) in [7, 11) is 4.10. The van der Waals surface area contributed by atoms with Crippen molar-refractivity contribution in [2.24, 2.45) is 5.92 Å². The lowest BCUT2D eigenvalue weighted by atomic mass is 9.87. The number of nitrogens with zero attached hydrogens (tertiary/aromatic N) is 5. The fourth-order valence-electron chi connectivity index (χ4n) is 4.30. The molecule has 26 heavy (non-hydrogen) atoms. The van der Waals surface area contributed by atoms with Crippen molar-refractivity contribution in [1.29, 1.82) is 0 Å². The SMILES string of the molecule is CNc1cc(C)nc(N2CC[C@@H](N3CCN(C)CC3)[C@@H](CCCO)C2)n1. The van der Waals surface area contributed by atoms with Crippen LogP contribution in [0.4, 0.5) is 11.8 Å². The molecule has 2 N–H and O–H groups in total. The van der Waals surface area contributed by atoms with E-state index >= 15 is 0 Å². The lowest BCUT2D eigenvalue weighted by Gasteiger charge is -2.46. The summed E-state index contributed by atoms with van der Waals surface area (Å²) >= 11 is 0. The standard InChI is InChI=1S/C19H34N6O/c1-15-13-18(20-2)22-19(21-15)25-7-6-17(16(14-25)5-4-12-26)24-10-8-23(3)9-11-24/h13,16-17,26H,4-12,14H2,1-3H3,(H,20,21,22)/t16-,17+/m0/s1. The third-order valence-corrected chi connectivity index (χ3v) is 5.82. The highest BCUT2D eigenvalue weighted by Crippen LogP contribution is 2.29. The highest BCUT2D eigenvalue weighted by molar-refractivity contribution is 5.43. The molecule has 7 nitrogen and oxygen atoms in total. The zero-order chi connectivity index (χ0) is 18.5. The van der Waals surface area contributed by atoms with Gasteiger partial charge in [0.2, 0.25) is 5.95 Å². The summed E-state index contributed by atoms with van der Waals surface area (Å²) in [5.74, 6) is 2.27. The van der Waals surface area contributed by atoms with Crippen molar-refractivity contribution in [1.82, 2.24) is 19.8 Å². The zero-order valence-electron chi connectivity index (χ0n) is 16.5. The van der Waals surface area contributed by atoms with Gasteiger partial charge in [0.25, 0.3) is 0 Å². The van der Waals surface area contributed by atoms with Gasteiger partial charge < -0.3 is 20.2 Å². The lowest BCUT2D eigenvalue weighted by Crippen LogP contribution is -2.56. The number of nitrogens with one attached hydrogen (secondary N) is 1. The Labute approximate surface area is 157 Å². The van der Waals surface area contributed by atoms with Gasteiger partial charge in [-0.3, -0.25) is 4.90 Å². The maximum atomic E-state index is 9.35. The highest BCUT2D eigenvalue weighted by atomic mass is 16.2. The number of aliphatic hydroxyl groups is 1. The van der Waals surface area contributed by atoms with Gasteiger partial charge in [0.05, 0.1) is 0 Å². The van der Waals surface area contributed by atoms with Crippen LogP contribution in [0.1, 0.15) is 25.0 Å². The van der Waals surface area contributed by atoms with Crippen molar-refractivity contribution in [3.05, 3.63) is 11.8 Å². The summed E-state index contributed by atoms with van der Waals surface area (Å²) in [4.78, 5) is 16.8. The predicted molar refractivity (Wildman–Crippen MR) is 106 cm³/mol. The maximum absolute atomic E-state index is 9.35. The van der Waals surface area contributed by atoms with E-state index in [1.165, 1.54) is 0 Å². The van der Waals surface area contributed by atoms with Crippen LogP contribution in [0.3, 0.4) is 0 Å². The second-order valence-electron chi connectivity index (χ2n) is 7.71. The number of piperazine rings is 1. The van der Waals surface area contributed by atoms with Crippen molar-refractivity contribution in [2.45, 2.75) is 32.2 Å². The van der Waals surface area contributed by atoms with Gasteiger partial charge in [0.15, 0.2) is 0 Å². The quantitative estimate of drug-likeness (QED) is 0.784. The molecule has 0 saturated carbocycles. The Balaban J connectivity index is 1.72. The molecule has 0 unspecified atom stereocenters. The molecule has 3 heterocycles. The number of piperidine rings is 1. The second kappa shape index (κ2) is 8.97. The van der Waals surface area contributed by atoms with E-state index in [4.69, 9.17) is 0 Å². The molecule has 0 spiro atoms. The highest BCUT2D eigenvalue weighted by Gasteiger charge is 2.34. The average Bonchev–Trinajstić information content (AvgIpc) is 2.66. The van der Waals surface area contributed by atoms with Gasteiger partial charge in [-0.05, 0) is 39.2 Å². The van der Waals surface area contributed by atoms with E-state index in [1.807, 2.05) is 20.0 Å². The number of aliphatic hydroxyl groups excluding tert-OH is 1. The van der Waals surface area contributed by atoms with Crippen LogP contribution >= 0.6 is 0 Å². The predicted octanol–water partition coefficient (Wildman–Crippen LogP) is 1.04. The van der Waals surface area contributed by atoms with Crippen LogP contribution in [0.25, 0.3) is 0 Å². The van der Waals surface area contributed by atoms with Gasteiger partial charge in [-0.25, -0.2) is 4.98 Å². The summed E-state index contributed by atoms with van der Waals surface area (Å²) < 4.78 is 0. The van der Waals surface area contributed by atoms with E-state index in [2.05, 4.69) is 37.0 Å². The van der Waals surface area contributed by atoms with Crippen LogP contribution < -0.4 is 10.2 Å². The fourth-order valence-corrected chi connectivity index (χ4v) is 4.30. The van der Waals surface area contributed by atoms with E-state index < -0.39 is 0 Å². The van der Waals surface area contributed by atoms with Gasteiger partial charge in [0.1, 0.15) is 5.82 Å². The van der Waals surface area contributed by atoms with E-state index in [1.54, 1.807) is 0 Å². The summed E-state index contributed by atoms with van der Waals surface area (Å²) in [5, 5.41) is 12.5. The van der Waals surface area contributed by atoms with Crippen LogP contribution in [0.15, 0.2) is 6.07 Å². The summed E-state index contributed by atoms with van der Waals surface area (Å²) in [6.45, 7) is 8.88. The molecule has 1 aromatic rings. The van der Waals surface area contributed by atoms with Crippen LogP contribution in [0.2, 0.25) is 0 Å². The average molecular weight is 363 g/mol. The minimum atomic E-state index is 0.275. The number of rotatable bonds is 6. The number of aryl methyl sites for hydroxylation is 1.